The van der Waals surface area contributed by atoms with Gasteiger partial charge < -0.3 is 29.7 Å². The Morgan fingerprint density at radius 2 is 1.60 bits per heavy atom. The van der Waals surface area contributed by atoms with Gasteiger partial charge in [0, 0.05) is 101 Å². The van der Waals surface area contributed by atoms with E-state index in [-0.39, 0.29) is 73.0 Å². The number of rotatable bonds is 14. The number of anilines is 1. The molecule has 3 atom stereocenters. The van der Waals surface area contributed by atoms with Gasteiger partial charge in [-0.3, -0.25) is 9.69 Å². The molecule has 1 saturated carbocycles. The molecule has 1 aliphatic carbocycles. The molecule has 1 unspecified atom stereocenters. The smallest absolute Gasteiger partial charge is 0.407 e. The summed E-state index contributed by atoms with van der Waals surface area (Å²) < 4.78 is 73.7. The first-order valence-electron chi connectivity index (χ1n) is 22.0. The number of alkyl carbamates (subject to hydrolysis) is 1. The third kappa shape index (κ3) is 9.24. The molecular formula is C45H61F3N6O5S. The molecule has 60 heavy (non-hydrogen) atoms. The van der Waals surface area contributed by atoms with E-state index in [9.17, 15) is 26.8 Å². The monoisotopic (exact) mass is 854 g/mol. The van der Waals surface area contributed by atoms with Gasteiger partial charge >= 0.3 is 6.09 Å². The van der Waals surface area contributed by atoms with E-state index >= 15 is 4.39 Å². The molecule has 0 spiro atoms. The van der Waals surface area contributed by atoms with Crippen molar-refractivity contribution in [3.63, 3.8) is 0 Å². The first-order valence-corrected chi connectivity index (χ1v) is 23.6. The Labute approximate surface area is 353 Å². The van der Waals surface area contributed by atoms with Crippen LogP contribution < -0.4 is 10.2 Å². The molecule has 6 fully saturated rings. The largest absolute Gasteiger partial charge is 0.453 e. The number of halogens is 3. The highest BCUT2D eigenvalue weighted by atomic mass is 32.2. The lowest BCUT2D eigenvalue weighted by molar-refractivity contribution is -0.129. The van der Waals surface area contributed by atoms with E-state index in [1.54, 1.807) is 24.3 Å². The number of hydrogen-bond donors (Lipinski definition) is 1. The number of nitrogens with zero attached hydrogens (tertiary/aromatic N) is 5. The highest BCUT2D eigenvalue weighted by molar-refractivity contribution is 7.92. The Morgan fingerprint density at radius 3 is 2.25 bits per heavy atom. The summed E-state index contributed by atoms with van der Waals surface area (Å²) in [6.45, 7) is 8.94. The van der Waals surface area contributed by atoms with E-state index in [2.05, 4.69) is 26.1 Å². The number of benzene rings is 2. The van der Waals surface area contributed by atoms with Crippen LogP contribution in [-0.2, 0) is 24.8 Å². The maximum Gasteiger partial charge on any atom is 0.407 e. The maximum atomic E-state index is 15.0. The van der Waals surface area contributed by atoms with Crippen LogP contribution in [0.1, 0.15) is 56.9 Å². The number of piperidine rings is 2. The van der Waals surface area contributed by atoms with Crippen LogP contribution in [0.15, 0.2) is 65.6 Å². The third-order valence-corrected chi connectivity index (χ3v) is 16.7. The molecule has 1 N–H and O–H groups in total. The number of carbonyl (C=O) groups excluding carboxylic acids is 2. The van der Waals surface area contributed by atoms with Crippen LogP contribution in [0.3, 0.4) is 0 Å². The van der Waals surface area contributed by atoms with Crippen LogP contribution >= 0.6 is 0 Å². The van der Waals surface area contributed by atoms with Crippen molar-refractivity contribution in [2.75, 3.05) is 97.1 Å². The number of alkyl halides is 2. The fourth-order valence-electron chi connectivity index (χ4n) is 11.0. The molecule has 328 valence electrons. The molecule has 5 saturated heterocycles. The van der Waals surface area contributed by atoms with E-state index in [0.29, 0.717) is 18.4 Å². The summed E-state index contributed by atoms with van der Waals surface area (Å²) in [6.07, 6.45) is 8.42. The first kappa shape index (κ1) is 43.0. The van der Waals surface area contributed by atoms with E-state index < -0.39 is 27.1 Å². The zero-order valence-electron chi connectivity index (χ0n) is 34.8. The Kier molecular flexibility index (Phi) is 12.9. The van der Waals surface area contributed by atoms with Gasteiger partial charge in [-0.05, 0) is 112 Å². The van der Waals surface area contributed by atoms with Crippen molar-refractivity contribution in [3.8, 4) is 0 Å². The van der Waals surface area contributed by atoms with Crippen molar-refractivity contribution >= 4 is 27.5 Å². The van der Waals surface area contributed by atoms with Gasteiger partial charge in [0.05, 0.1) is 12.0 Å². The second kappa shape index (κ2) is 18.0. The molecule has 0 bridgehead atoms. The normalized spacial score (nSPS) is 26.0. The summed E-state index contributed by atoms with van der Waals surface area (Å²) >= 11 is 0. The number of amides is 2. The fourth-order valence-corrected chi connectivity index (χ4v) is 12.6. The minimum Gasteiger partial charge on any atom is -0.453 e. The number of sulfone groups is 1. The van der Waals surface area contributed by atoms with Crippen molar-refractivity contribution in [1.29, 1.82) is 0 Å². The Bertz CT molecular complexity index is 1950. The van der Waals surface area contributed by atoms with Crippen LogP contribution in [0.5, 0.6) is 0 Å². The topological polar surface area (TPSA) is 106 Å². The average Bonchev–Trinajstić information content (AvgIpc) is 3.64. The Hall–Kier alpha value is -3.66. The van der Waals surface area contributed by atoms with E-state index in [1.807, 2.05) is 23.1 Å². The fraction of sp³-hybridized carbons (Fsp3) is 0.644. The van der Waals surface area contributed by atoms with E-state index in [0.717, 1.165) is 95.7 Å². The summed E-state index contributed by atoms with van der Waals surface area (Å²) in [4.78, 5) is 36.2. The zero-order valence-corrected chi connectivity index (χ0v) is 35.6. The number of likely N-dealkylation sites (tertiary alicyclic amines) is 4. The molecule has 8 rings (SSSR count). The average molecular weight is 855 g/mol. The van der Waals surface area contributed by atoms with Crippen LogP contribution in [0.25, 0.3) is 0 Å². The van der Waals surface area contributed by atoms with Crippen LogP contribution in [0.4, 0.5) is 23.7 Å². The van der Waals surface area contributed by atoms with Crippen LogP contribution in [0.2, 0.25) is 0 Å². The van der Waals surface area contributed by atoms with Gasteiger partial charge in [-0.1, -0.05) is 24.6 Å². The summed E-state index contributed by atoms with van der Waals surface area (Å²) in [6, 6.07) is 14.3. The predicted molar refractivity (Wildman–Crippen MR) is 224 cm³/mol. The second-order valence-corrected chi connectivity index (χ2v) is 20.5. The lowest BCUT2D eigenvalue weighted by Crippen LogP contribution is -2.60. The number of hydrogen-bond acceptors (Lipinski definition) is 9. The quantitative estimate of drug-likeness (QED) is 0.250. The number of ether oxygens (including phenoxy) is 1. The van der Waals surface area contributed by atoms with Crippen molar-refractivity contribution < 1.29 is 35.9 Å². The summed E-state index contributed by atoms with van der Waals surface area (Å²) in [7, 11) is -2.19. The van der Waals surface area contributed by atoms with Gasteiger partial charge in [0.1, 0.15) is 11.1 Å². The maximum absolute atomic E-state index is 15.0. The molecule has 5 aliphatic heterocycles. The van der Waals surface area contributed by atoms with E-state index in [1.165, 1.54) is 30.6 Å². The Balaban J connectivity index is 0.825. The lowest BCUT2D eigenvalue weighted by atomic mass is 9.57. The highest BCUT2D eigenvalue weighted by Crippen LogP contribution is 2.51. The lowest BCUT2D eigenvalue weighted by Gasteiger charge is -2.54. The minimum absolute atomic E-state index is 0.0250. The number of nitrogens with one attached hydrogen (secondary N) is 1. The van der Waals surface area contributed by atoms with Crippen molar-refractivity contribution in [2.45, 2.75) is 78.9 Å². The number of carbonyl (C=O) groups is 2. The van der Waals surface area contributed by atoms with Crippen LogP contribution in [-0.4, -0.2) is 149 Å². The SMILES string of the molecule is COC(=O)N[C@H]1CCC[C@@H]1C(CN1CCC1)(c1cccc(F)c1)C1CCN(CC2CN(c3ccc(S(=O)(=O)C4CN(C(=O)/C=C/CN5CCC(F)(F)CC5)C4)cc3)C2)CC1. The summed E-state index contributed by atoms with van der Waals surface area (Å²) in [5.41, 5.74) is 1.76. The van der Waals surface area contributed by atoms with Gasteiger partial charge in [0.25, 0.3) is 5.92 Å². The summed E-state index contributed by atoms with van der Waals surface area (Å²) in [5.74, 6) is -2.07. The minimum atomic E-state index is -3.60. The zero-order chi connectivity index (χ0) is 42.1. The van der Waals surface area contributed by atoms with Gasteiger partial charge in [0.15, 0.2) is 9.84 Å². The standard InChI is InChI=1S/C45H61F3N6O5S/c1-59-43(56)49-41-9-3-8-40(41)45(32-52-20-5-21-52,35-6-2-7-36(46)26-35)34-15-22-51(23-16-34)27-33-28-53(29-33)37-11-13-38(14-12-37)60(57,58)39-30-54(31-39)42(55)10-4-19-50-24-17-44(47,48)18-25-50/h2,4,6-7,10-14,26,33-34,39-41H,3,5,8-9,15-25,27-32H2,1H3,(H,49,56)/b10-4+/t40-,41-,45?/m0/s1. The number of methoxy groups -OCH3 is 1. The first-order chi connectivity index (χ1) is 28.8. The van der Waals surface area contributed by atoms with Crippen molar-refractivity contribution in [3.05, 3.63) is 72.1 Å². The van der Waals surface area contributed by atoms with Gasteiger partial charge in [-0.15, -0.1) is 0 Å². The molecule has 6 aliphatic rings. The molecular weight excluding hydrogens is 794 g/mol. The Morgan fingerprint density at radius 1 is 0.883 bits per heavy atom. The molecule has 2 aromatic carbocycles. The van der Waals surface area contributed by atoms with Crippen molar-refractivity contribution in [1.82, 2.24) is 24.9 Å². The molecule has 11 nitrogen and oxygen atoms in total. The molecule has 0 radical (unpaired) electrons. The van der Waals surface area contributed by atoms with E-state index in [4.69, 9.17) is 4.74 Å². The van der Waals surface area contributed by atoms with Gasteiger partial charge in [-0.25, -0.2) is 26.4 Å². The third-order valence-electron chi connectivity index (χ3n) is 14.6. The summed E-state index contributed by atoms with van der Waals surface area (Å²) in [5, 5.41) is 2.52. The molecule has 0 aromatic heterocycles. The van der Waals surface area contributed by atoms with Gasteiger partial charge in [0.2, 0.25) is 5.91 Å². The van der Waals surface area contributed by atoms with Crippen LogP contribution in [0, 0.1) is 23.6 Å². The predicted octanol–water partition coefficient (Wildman–Crippen LogP) is 5.41. The van der Waals surface area contributed by atoms with Crippen molar-refractivity contribution in [2.24, 2.45) is 17.8 Å². The molecule has 2 amide bonds. The highest BCUT2D eigenvalue weighted by Gasteiger charge is 2.53. The molecule has 2 aromatic rings. The second-order valence-electron chi connectivity index (χ2n) is 18.3. The van der Waals surface area contributed by atoms with Gasteiger partial charge in [-0.2, -0.15) is 0 Å². The molecule has 5 heterocycles. The molecule has 15 heteroatoms.